The van der Waals surface area contributed by atoms with Crippen LogP contribution in [0.5, 0.6) is 0 Å². The smallest absolute Gasteiger partial charge is 0.364 e. The number of amides is 2. The van der Waals surface area contributed by atoms with E-state index in [-0.39, 0.29) is 0 Å². The summed E-state index contributed by atoms with van der Waals surface area (Å²) in [6.07, 6.45) is -76.6. The van der Waals surface area contributed by atoms with E-state index in [9.17, 15) is 127 Å². The fourth-order valence-corrected chi connectivity index (χ4v) is 12.6. The number of carboxylic acids is 1. The van der Waals surface area contributed by atoms with Gasteiger partial charge < -0.3 is 194 Å². The van der Waals surface area contributed by atoms with E-state index in [2.05, 4.69) is 10.6 Å². The van der Waals surface area contributed by atoms with Gasteiger partial charge in [0.2, 0.25) is 11.8 Å². The highest BCUT2D eigenvalue weighted by atomic mass is 16.8. The summed E-state index contributed by atoms with van der Waals surface area (Å²) in [4.78, 5) is 40.0. The number of hydrogen-bond acceptors (Lipinski definition) is 39. The molecule has 0 bridgehead atoms. The molecule has 0 aromatic heterocycles. The van der Waals surface area contributed by atoms with Gasteiger partial charge in [-0.05, 0) is 27.7 Å². The predicted octanol–water partition coefficient (Wildman–Crippen LogP) is -14.8. The van der Waals surface area contributed by atoms with Gasteiger partial charge in [-0.25, -0.2) is 4.79 Å². The molecule has 2 amide bonds. The number of hydrogen-bond donors (Lipinski definition) is 24. The first kappa shape index (κ1) is 79.7. The van der Waals surface area contributed by atoms with Gasteiger partial charge in [-0.15, -0.1) is 0 Å². The summed E-state index contributed by atoms with van der Waals surface area (Å²) in [6.45, 7) is 2.21. The van der Waals surface area contributed by atoms with Crippen molar-refractivity contribution < 1.29 is 198 Å². The van der Waals surface area contributed by atoms with Crippen molar-refractivity contribution in [2.75, 3.05) is 26.4 Å². The first-order valence-electron chi connectivity index (χ1n) is 31.2. The van der Waals surface area contributed by atoms with Crippen LogP contribution < -0.4 is 10.6 Å². The van der Waals surface area contributed by atoms with Crippen molar-refractivity contribution in [1.29, 1.82) is 0 Å². The van der Waals surface area contributed by atoms with Crippen molar-refractivity contribution in [3.63, 3.8) is 0 Å². The van der Waals surface area contributed by atoms with E-state index in [1.54, 1.807) is 0 Å². The molecule has 0 radical (unpaired) electrons. The second-order valence-corrected chi connectivity index (χ2v) is 25.2. The molecule has 42 nitrogen and oxygen atoms in total. The molecule has 8 rings (SSSR count). The van der Waals surface area contributed by atoms with E-state index >= 15 is 0 Å². The van der Waals surface area contributed by atoms with E-state index in [0.717, 1.165) is 13.8 Å². The van der Waals surface area contributed by atoms with Gasteiger partial charge in [0.05, 0.1) is 56.9 Å². The van der Waals surface area contributed by atoms with Gasteiger partial charge in [0.15, 0.2) is 44.0 Å². The minimum Gasteiger partial charge on any atom is -0.477 e. The Bertz CT molecular complexity index is 2540. The Balaban J connectivity index is 1.13. The first-order valence-corrected chi connectivity index (χ1v) is 31.2. The summed E-state index contributed by atoms with van der Waals surface area (Å²) in [6, 6.07) is -3.87. The van der Waals surface area contributed by atoms with Gasteiger partial charge in [0, 0.05) is 20.3 Å². The Labute approximate surface area is 550 Å². The van der Waals surface area contributed by atoms with Gasteiger partial charge in [-0.1, -0.05) is 0 Å². The number of nitrogens with one attached hydrogen (secondary N) is 2. The molecule has 562 valence electrons. The van der Waals surface area contributed by atoms with Gasteiger partial charge in [-0.2, -0.15) is 0 Å². The van der Waals surface area contributed by atoms with Crippen molar-refractivity contribution in [1.82, 2.24) is 10.6 Å². The van der Waals surface area contributed by atoms with Crippen LogP contribution in [-0.4, -0.2) is 408 Å². The lowest BCUT2D eigenvalue weighted by atomic mass is 9.90. The first-order chi connectivity index (χ1) is 45.5. The number of carboxylic acid groups (broad SMARTS) is 1. The molecule has 0 aromatic carbocycles. The van der Waals surface area contributed by atoms with Crippen LogP contribution in [0.25, 0.3) is 0 Å². The fraction of sp³-hybridized carbons (Fsp3) is 0.945. The summed E-state index contributed by atoms with van der Waals surface area (Å²) >= 11 is 0. The minimum atomic E-state index is -3.34. The molecule has 8 heterocycles. The van der Waals surface area contributed by atoms with Crippen LogP contribution in [0.4, 0.5) is 0 Å². The van der Waals surface area contributed by atoms with Crippen LogP contribution >= 0.6 is 0 Å². The van der Waals surface area contributed by atoms with E-state index in [4.69, 9.17) is 71.1 Å². The molecule has 97 heavy (non-hydrogen) atoms. The highest BCUT2D eigenvalue weighted by Gasteiger charge is 2.62. The molecule has 41 atom stereocenters. The number of rotatable bonds is 23. The van der Waals surface area contributed by atoms with E-state index in [1.165, 1.54) is 27.7 Å². The zero-order valence-electron chi connectivity index (χ0n) is 52.8. The maximum Gasteiger partial charge on any atom is 0.364 e. The van der Waals surface area contributed by atoms with Crippen LogP contribution in [0.3, 0.4) is 0 Å². The monoisotopic (exact) mass is 1420 g/mol. The van der Waals surface area contributed by atoms with Crippen molar-refractivity contribution in [2.24, 2.45) is 0 Å². The van der Waals surface area contributed by atoms with Gasteiger partial charge in [0.1, 0.15) is 171 Å². The number of aliphatic hydroxyl groups excluding tert-OH is 21. The highest BCUT2D eigenvalue weighted by Crippen LogP contribution is 2.42. The van der Waals surface area contributed by atoms with Gasteiger partial charge in [0.25, 0.3) is 5.79 Å². The second kappa shape index (κ2) is 33.2. The maximum absolute atomic E-state index is 13.9. The average Bonchev–Trinajstić information content (AvgIpc) is 0.765. The van der Waals surface area contributed by atoms with E-state index in [0.29, 0.717) is 0 Å². The van der Waals surface area contributed by atoms with Gasteiger partial charge in [-0.3, -0.25) is 9.59 Å². The Morgan fingerprint density at radius 1 is 0.433 bits per heavy atom. The van der Waals surface area contributed by atoms with Crippen LogP contribution in [0, 0.1) is 0 Å². The quantitative estimate of drug-likeness (QED) is 0.0452. The number of aliphatic hydroxyl groups is 21. The van der Waals surface area contributed by atoms with Crippen molar-refractivity contribution in [3.8, 4) is 0 Å². The molecule has 8 fully saturated rings. The molecular formula is C55H92N2O40. The third-order valence-corrected chi connectivity index (χ3v) is 18.3. The summed E-state index contributed by atoms with van der Waals surface area (Å²) in [5, 5.41) is 246. The van der Waals surface area contributed by atoms with Gasteiger partial charge >= 0.3 is 5.97 Å². The molecule has 8 saturated heterocycles. The molecule has 0 saturated carbocycles. The van der Waals surface area contributed by atoms with Crippen LogP contribution in [0.15, 0.2) is 0 Å². The lowest BCUT2D eigenvalue weighted by molar-refractivity contribution is -0.402. The number of aliphatic carboxylic acids is 1. The summed E-state index contributed by atoms with van der Waals surface area (Å²) in [5.74, 6) is -7.39. The molecule has 0 spiro atoms. The molecular weight excluding hydrogens is 1330 g/mol. The van der Waals surface area contributed by atoms with Crippen LogP contribution in [0.1, 0.15) is 48.0 Å². The standard InChI is InChI=1S/C55H92N2O40/c1-12-25(64)33(72)37(76)49(84-12)94-43-24(57-17(6)62)48(91-21(10-60)41(43)92-52-40(79)36(75)30(69)20(9-59)90-52)93-42-23(56-16(5)61)47(80)88-22(32(42)71)11-83-55(54(81)82)7-19(31(70)44(97-55)29(68)18(63)8-58)89-53-46(96-51-39(78)35(74)27(66)14(3)86-51)45(28(67)15(4)87-53)95-50-38(77)34(73)26(65)13(2)85-50/h12-15,18-53,58-60,63-80H,7-11H2,1-6H3,(H,56,61)(H,57,62)(H,81,82)/t12-,13-,14-,15-,18+,19-,20+,21+,22+,23+,24+,25+,26+,27+,28+,29+,30-,31+,32-,33+,34+,35+,36-,37-,38-,39-,40+,41+,42+,43+,44-,45+,46-,47?,48-,49-,50-,51-,52-,53-,55+/m0/s1. The summed E-state index contributed by atoms with van der Waals surface area (Å²) in [5.41, 5.74) is 0. The Hall–Kier alpha value is -3.03. The molecule has 24 N–H and O–H groups in total. The Kier molecular flexibility index (Phi) is 27.2. The van der Waals surface area contributed by atoms with Crippen molar-refractivity contribution >= 4 is 17.8 Å². The summed E-state index contributed by atoms with van der Waals surface area (Å²) < 4.78 is 88.9. The molecule has 0 aliphatic carbocycles. The Morgan fingerprint density at radius 2 is 0.856 bits per heavy atom. The second-order valence-electron chi connectivity index (χ2n) is 25.2. The summed E-state index contributed by atoms with van der Waals surface area (Å²) in [7, 11) is 0. The third-order valence-electron chi connectivity index (χ3n) is 18.3. The lowest BCUT2D eigenvalue weighted by Gasteiger charge is -2.52. The molecule has 1 unspecified atom stereocenters. The Morgan fingerprint density at radius 3 is 1.34 bits per heavy atom. The maximum atomic E-state index is 13.9. The number of carbonyl (C=O) groups excluding carboxylic acids is 2. The zero-order valence-corrected chi connectivity index (χ0v) is 52.8. The van der Waals surface area contributed by atoms with E-state index < -0.39 is 302 Å². The normalized spacial score (nSPS) is 50.6. The SMILES string of the molecule is CC(=O)N[C@H]1[C@H](O[C@H]2[C@@H](O)[C@@H](CO[C@]3(C(=O)O)C[C@H](O[C@@H]4O[C@@H](C)[C@@H](O)[C@@H](O[C@@H]5O[C@@H](C)[C@@H](O)[C@@H](O)[C@@H]5O)[C@@H]4O[C@@H]4O[C@@H](C)[C@@H](O)[C@@H](O)[C@@H]4O)[C@@H](O)[C@H]([C@H](O)[C@H](O)CO)O3)OC(O)[C@@H]2NC(C)=O)O[C@H](CO)[C@@H](O[C@@H]2O[C@H](CO)[C@H](O)[C@H](O)[C@H]2O)[C@@H]1O[C@@H]1O[C@@H](C)[C@@H](O)[C@@H](O)[C@@H]1O. The largest absolute Gasteiger partial charge is 0.477 e. The third kappa shape index (κ3) is 17.0. The molecule has 42 heteroatoms. The predicted molar refractivity (Wildman–Crippen MR) is 299 cm³/mol. The van der Waals surface area contributed by atoms with Crippen LogP contribution in [0.2, 0.25) is 0 Å². The minimum absolute atomic E-state index is 0.940. The topological polar surface area (TPSA) is 659 Å². The lowest BCUT2D eigenvalue weighted by Crippen LogP contribution is -2.72. The number of ether oxygens (including phenoxy) is 15. The molecule has 8 aliphatic rings. The highest BCUT2D eigenvalue weighted by molar-refractivity contribution is 5.76. The molecule has 0 aromatic rings. The van der Waals surface area contributed by atoms with E-state index in [1.807, 2.05) is 0 Å². The molecule has 8 aliphatic heterocycles. The average molecular weight is 1420 g/mol. The van der Waals surface area contributed by atoms with Crippen molar-refractivity contribution in [3.05, 3.63) is 0 Å². The van der Waals surface area contributed by atoms with Crippen LogP contribution in [-0.2, 0) is 85.4 Å². The number of carbonyl (C=O) groups is 3. The zero-order chi connectivity index (χ0) is 71.9. The fourth-order valence-electron chi connectivity index (χ4n) is 12.6. The van der Waals surface area contributed by atoms with Crippen molar-refractivity contribution in [2.45, 2.75) is 299 Å².